The lowest BCUT2D eigenvalue weighted by Crippen LogP contribution is -2.09. The molecule has 4 nitrogen and oxygen atoms in total. The van der Waals surface area contributed by atoms with Gasteiger partial charge in [-0.1, -0.05) is 25.1 Å². The molecule has 0 saturated heterocycles. The highest BCUT2D eigenvalue weighted by Gasteiger charge is 2.20. The molecular weight excluding hydrogens is 250 g/mol. The second-order valence-corrected chi connectivity index (χ2v) is 5.27. The number of nitrogens with zero attached hydrogens (tertiary/aromatic N) is 3. The Labute approximate surface area is 120 Å². The van der Waals surface area contributed by atoms with Crippen molar-refractivity contribution in [1.82, 2.24) is 15.0 Å². The van der Waals surface area contributed by atoms with E-state index < -0.39 is 0 Å². The maximum Gasteiger partial charge on any atom is 0.112 e. The molecule has 0 fully saturated rings. The number of aryl methyl sites for hydroxylation is 2. The quantitative estimate of drug-likeness (QED) is 0.909. The molecule has 1 heterocycles. The van der Waals surface area contributed by atoms with E-state index in [1.54, 1.807) is 0 Å². The first-order valence-corrected chi connectivity index (χ1v) is 7.25. The zero-order chi connectivity index (χ0) is 14.7. The summed E-state index contributed by atoms with van der Waals surface area (Å²) >= 11 is 0. The molecule has 2 aromatic rings. The summed E-state index contributed by atoms with van der Waals surface area (Å²) in [7, 11) is 0. The van der Waals surface area contributed by atoms with E-state index in [2.05, 4.69) is 56.2 Å². The Kier molecular flexibility index (Phi) is 4.55. The van der Waals surface area contributed by atoms with Crippen molar-refractivity contribution in [1.29, 1.82) is 0 Å². The summed E-state index contributed by atoms with van der Waals surface area (Å²) < 4.78 is 1.88. The predicted molar refractivity (Wildman–Crippen MR) is 80.1 cm³/mol. The highest BCUT2D eigenvalue weighted by atomic mass is 16.3. The molecule has 0 unspecified atom stereocenters. The highest BCUT2D eigenvalue weighted by Crippen LogP contribution is 2.28. The normalized spacial score (nSPS) is 11.3. The molecule has 0 aliphatic heterocycles. The van der Waals surface area contributed by atoms with Crippen LogP contribution >= 0.6 is 0 Å². The van der Waals surface area contributed by atoms with Gasteiger partial charge in [0.25, 0.3) is 0 Å². The summed E-state index contributed by atoms with van der Waals surface area (Å²) in [5.74, 6) is 0.369. The Hall–Kier alpha value is -1.68. The van der Waals surface area contributed by atoms with Crippen molar-refractivity contribution < 1.29 is 5.11 Å². The molecule has 0 spiro atoms. The van der Waals surface area contributed by atoms with E-state index in [4.69, 9.17) is 0 Å². The largest absolute Gasteiger partial charge is 0.390 e. The number of aromatic nitrogens is 3. The first-order valence-electron chi connectivity index (χ1n) is 7.25. The SMILES string of the molecule is CCC(CC)c1c(CO)nnn1-c1ccc(C)c(C)c1. The van der Waals surface area contributed by atoms with Crippen LogP contribution in [0.25, 0.3) is 5.69 Å². The summed E-state index contributed by atoms with van der Waals surface area (Å²) in [5, 5.41) is 17.9. The van der Waals surface area contributed by atoms with Gasteiger partial charge < -0.3 is 5.11 Å². The minimum atomic E-state index is -0.0589. The average molecular weight is 273 g/mol. The van der Waals surface area contributed by atoms with E-state index in [0.29, 0.717) is 11.6 Å². The standard InChI is InChI=1S/C16H23N3O/c1-5-13(6-2)16-15(10-20)17-18-19(16)14-8-7-11(3)12(4)9-14/h7-9,13,20H,5-6,10H2,1-4H3. The monoisotopic (exact) mass is 273 g/mol. The van der Waals surface area contributed by atoms with Crippen molar-refractivity contribution in [3.05, 3.63) is 40.7 Å². The molecule has 0 bridgehead atoms. The van der Waals surface area contributed by atoms with E-state index in [1.165, 1.54) is 11.1 Å². The molecule has 1 N–H and O–H groups in total. The maximum atomic E-state index is 9.50. The van der Waals surface area contributed by atoms with Gasteiger partial charge >= 0.3 is 0 Å². The van der Waals surface area contributed by atoms with Crippen LogP contribution in [0.1, 0.15) is 55.1 Å². The third-order valence-electron chi connectivity index (χ3n) is 4.04. The minimum absolute atomic E-state index is 0.0589. The van der Waals surface area contributed by atoms with Crippen LogP contribution < -0.4 is 0 Å². The van der Waals surface area contributed by atoms with Gasteiger partial charge in [-0.2, -0.15) is 0 Å². The molecule has 108 valence electrons. The van der Waals surface area contributed by atoms with E-state index in [0.717, 1.165) is 24.2 Å². The lowest BCUT2D eigenvalue weighted by atomic mass is 9.97. The Morgan fingerprint density at radius 3 is 2.40 bits per heavy atom. The molecule has 1 aromatic heterocycles. The molecular formula is C16H23N3O. The Bertz CT molecular complexity index is 585. The molecule has 4 heteroatoms. The van der Waals surface area contributed by atoms with Crippen LogP contribution in [-0.4, -0.2) is 20.1 Å². The maximum absolute atomic E-state index is 9.50. The summed E-state index contributed by atoms with van der Waals surface area (Å²) in [6, 6.07) is 6.28. The number of hydrogen-bond donors (Lipinski definition) is 1. The van der Waals surface area contributed by atoms with Gasteiger partial charge in [0.15, 0.2) is 0 Å². The summed E-state index contributed by atoms with van der Waals surface area (Å²) in [6.07, 6.45) is 2.03. The van der Waals surface area contributed by atoms with Crippen molar-refractivity contribution in [2.75, 3.05) is 0 Å². The van der Waals surface area contributed by atoms with Crippen LogP contribution in [0.2, 0.25) is 0 Å². The first-order chi connectivity index (χ1) is 9.62. The topological polar surface area (TPSA) is 50.9 Å². The predicted octanol–water partition coefficient (Wildman–Crippen LogP) is 3.28. The molecule has 0 radical (unpaired) electrons. The molecule has 2 rings (SSSR count). The van der Waals surface area contributed by atoms with Gasteiger partial charge in [0.05, 0.1) is 18.0 Å². The number of hydrogen-bond acceptors (Lipinski definition) is 3. The number of rotatable bonds is 5. The lowest BCUT2D eigenvalue weighted by molar-refractivity contribution is 0.274. The number of aliphatic hydroxyl groups is 1. The van der Waals surface area contributed by atoms with Gasteiger partial charge in [0, 0.05) is 5.92 Å². The third kappa shape index (κ3) is 2.61. The Morgan fingerprint density at radius 2 is 1.85 bits per heavy atom. The number of aliphatic hydroxyl groups excluding tert-OH is 1. The van der Waals surface area contributed by atoms with E-state index in [-0.39, 0.29) is 6.61 Å². The van der Waals surface area contributed by atoms with Gasteiger partial charge in [-0.15, -0.1) is 5.10 Å². The highest BCUT2D eigenvalue weighted by molar-refractivity contribution is 5.41. The lowest BCUT2D eigenvalue weighted by Gasteiger charge is -2.16. The molecule has 1 aromatic carbocycles. The molecule has 0 amide bonds. The first kappa shape index (κ1) is 14.7. The van der Waals surface area contributed by atoms with Gasteiger partial charge in [-0.05, 0) is 49.9 Å². The molecule has 0 atom stereocenters. The van der Waals surface area contributed by atoms with Crippen molar-refractivity contribution in [2.24, 2.45) is 0 Å². The van der Waals surface area contributed by atoms with E-state index >= 15 is 0 Å². The summed E-state index contributed by atoms with van der Waals surface area (Å²) in [4.78, 5) is 0. The van der Waals surface area contributed by atoms with Gasteiger partial charge in [-0.25, -0.2) is 4.68 Å². The second-order valence-electron chi connectivity index (χ2n) is 5.27. The molecule has 0 aliphatic rings. The van der Waals surface area contributed by atoms with Crippen LogP contribution in [0, 0.1) is 13.8 Å². The van der Waals surface area contributed by atoms with E-state index in [9.17, 15) is 5.11 Å². The smallest absolute Gasteiger partial charge is 0.112 e. The zero-order valence-corrected chi connectivity index (χ0v) is 12.7. The minimum Gasteiger partial charge on any atom is -0.390 e. The Balaban J connectivity index is 2.56. The number of benzene rings is 1. The van der Waals surface area contributed by atoms with Crippen LogP contribution in [0.15, 0.2) is 18.2 Å². The van der Waals surface area contributed by atoms with Crippen molar-refractivity contribution in [3.8, 4) is 5.69 Å². The fraction of sp³-hybridized carbons (Fsp3) is 0.500. The third-order valence-corrected chi connectivity index (χ3v) is 4.04. The van der Waals surface area contributed by atoms with Gasteiger partial charge in [0.2, 0.25) is 0 Å². The van der Waals surface area contributed by atoms with Crippen LogP contribution in [0.5, 0.6) is 0 Å². The van der Waals surface area contributed by atoms with Gasteiger partial charge in [0.1, 0.15) is 5.69 Å². The van der Waals surface area contributed by atoms with Crippen LogP contribution in [-0.2, 0) is 6.61 Å². The molecule has 0 aliphatic carbocycles. The Morgan fingerprint density at radius 1 is 1.15 bits per heavy atom. The van der Waals surface area contributed by atoms with E-state index in [1.807, 2.05) is 4.68 Å². The van der Waals surface area contributed by atoms with Crippen LogP contribution in [0.3, 0.4) is 0 Å². The van der Waals surface area contributed by atoms with Crippen LogP contribution in [0.4, 0.5) is 0 Å². The van der Waals surface area contributed by atoms with Crippen molar-refractivity contribution in [3.63, 3.8) is 0 Å². The zero-order valence-electron chi connectivity index (χ0n) is 12.7. The molecule has 20 heavy (non-hydrogen) atoms. The van der Waals surface area contributed by atoms with Crippen molar-refractivity contribution >= 4 is 0 Å². The second kappa shape index (κ2) is 6.18. The van der Waals surface area contributed by atoms with Gasteiger partial charge in [-0.3, -0.25) is 0 Å². The van der Waals surface area contributed by atoms with Crippen molar-refractivity contribution in [2.45, 2.75) is 53.1 Å². The molecule has 0 saturated carbocycles. The fourth-order valence-electron chi connectivity index (χ4n) is 2.56. The summed E-state index contributed by atoms with van der Waals surface area (Å²) in [6.45, 7) is 8.46. The summed E-state index contributed by atoms with van der Waals surface area (Å²) in [5.41, 5.74) is 5.25. The fourth-order valence-corrected chi connectivity index (χ4v) is 2.56. The average Bonchev–Trinajstić information content (AvgIpc) is 2.87.